The summed E-state index contributed by atoms with van der Waals surface area (Å²) < 4.78 is 25.2. The Balaban J connectivity index is 0.942. The quantitative estimate of drug-likeness (QED) is 0.0308. The SMILES string of the molecule is CC(C)(C)OC(=O)CCCCCCCCCCCCCCCCCCC(=O)OCOC(C(=O)OC1CC2CCC(C1)[N+]21CCCC1)(c1ccccc1)c1ccccc1. The van der Waals surface area contributed by atoms with Crippen molar-refractivity contribution in [2.24, 2.45) is 0 Å². The van der Waals surface area contributed by atoms with E-state index in [1.807, 2.05) is 81.4 Å². The van der Waals surface area contributed by atoms with E-state index in [-0.39, 0.29) is 30.4 Å². The van der Waals surface area contributed by atoms with Gasteiger partial charge < -0.3 is 23.4 Å². The minimum Gasteiger partial charge on any atom is -0.460 e. The molecular formula is C50H76NO7+. The summed E-state index contributed by atoms with van der Waals surface area (Å²) in [5.74, 6) is -0.808. The first-order chi connectivity index (χ1) is 28.1. The number of esters is 3. The van der Waals surface area contributed by atoms with E-state index in [2.05, 4.69) is 0 Å². The molecule has 2 unspecified atom stereocenters. The highest BCUT2D eigenvalue weighted by Crippen LogP contribution is 2.47. The summed E-state index contributed by atoms with van der Waals surface area (Å²) in [4.78, 5) is 39.2. The van der Waals surface area contributed by atoms with Crippen LogP contribution in [0.1, 0.15) is 186 Å². The fourth-order valence-electron chi connectivity index (χ4n) is 10.2. The predicted molar refractivity (Wildman–Crippen MR) is 230 cm³/mol. The maximum atomic E-state index is 14.5. The first kappa shape index (κ1) is 45.8. The third-order valence-electron chi connectivity index (χ3n) is 13.1. The molecule has 58 heavy (non-hydrogen) atoms. The third kappa shape index (κ3) is 13.7. The van der Waals surface area contributed by atoms with Crippen LogP contribution < -0.4 is 0 Å². The number of benzene rings is 2. The molecule has 3 heterocycles. The topological polar surface area (TPSA) is 88.1 Å². The van der Waals surface area contributed by atoms with Crippen LogP contribution in [0.3, 0.4) is 0 Å². The second-order valence-electron chi connectivity index (χ2n) is 18.6. The van der Waals surface area contributed by atoms with Gasteiger partial charge in [-0.15, -0.1) is 0 Å². The van der Waals surface area contributed by atoms with Gasteiger partial charge in [-0.3, -0.25) is 9.59 Å². The van der Waals surface area contributed by atoms with Crippen molar-refractivity contribution in [1.82, 2.24) is 0 Å². The molecule has 1 spiro atoms. The highest BCUT2D eigenvalue weighted by atomic mass is 16.7. The summed E-state index contributed by atoms with van der Waals surface area (Å²) in [5.41, 5.74) is -0.599. The fourth-order valence-corrected chi connectivity index (χ4v) is 10.2. The van der Waals surface area contributed by atoms with Gasteiger partial charge in [0.25, 0.3) is 0 Å². The van der Waals surface area contributed by atoms with E-state index in [0.717, 1.165) is 44.9 Å². The van der Waals surface area contributed by atoms with Gasteiger partial charge in [-0.25, -0.2) is 4.79 Å². The van der Waals surface area contributed by atoms with Crippen molar-refractivity contribution in [3.05, 3.63) is 71.8 Å². The average molecular weight is 803 g/mol. The third-order valence-corrected chi connectivity index (χ3v) is 13.1. The Morgan fingerprint density at radius 1 is 0.586 bits per heavy atom. The lowest BCUT2D eigenvalue weighted by Gasteiger charge is -2.47. The van der Waals surface area contributed by atoms with Crippen LogP contribution in [0.2, 0.25) is 0 Å². The molecule has 0 N–H and O–H groups in total. The molecule has 0 saturated carbocycles. The largest absolute Gasteiger partial charge is 0.460 e. The van der Waals surface area contributed by atoms with E-state index in [1.54, 1.807) is 0 Å². The Bertz CT molecular complexity index is 1440. The molecule has 3 fully saturated rings. The average Bonchev–Trinajstić information content (AvgIpc) is 3.75. The highest BCUT2D eigenvalue weighted by Gasteiger charge is 2.57. The minimum absolute atomic E-state index is 0.0733. The molecule has 2 aromatic carbocycles. The molecule has 3 saturated heterocycles. The molecule has 0 radical (unpaired) electrons. The normalized spacial score (nSPS) is 19.9. The molecule has 0 amide bonds. The molecule has 0 aromatic heterocycles. The van der Waals surface area contributed by atoms with E-state index < -0.39 is 11.6 Å². The van der Waals surface area contributed by atoms with Crippen molar-refractivity contribution in [2.75, 3.05) is 19.9 Å². The van der Waals surface area contributed by atoms with Crippen LogP contribution in [0.25, 0.3) is 0 Å². The van der Waals surface area contributed by atoms with Crippen LogP contribution >= 0.6 is 0 Å². The molecule has 8 nitrogen and oxygen atoms in total. The Hall–Kier alpha value is -3.23. The fraction of sp³-hybridized carbons (Fsp3) is 0.700. The maximum Gasteiger partial charge on any atom is 0.348 e. The van der Waals surface area contributed by atoms with E-state index in [4.69, 9.17) is 18.9 Å². The molecule has 2 atom stereocenters. The standard InChI is InChI=1S/C50H76NO7/c1-49(2,3)58-47(53)33-25-17-15-13-11-9-7-5-4-6-8-10-12-14-16-24-32-46(52)55-40-56-50(41-28-20-18-21-29-41,42-30-22-19-23-31-42)48(54)57-45-38-43-34-35-44(39-45)51(43)36-26-27-37-51/h18-23,28-31,43-45H,4-17,24-27,32-40H2,1-3H3/q+1. The molecule has 3 aliphatic rings. The number of rotatable bonds is 26. The summed E-state index contributed by atoms with van der Waals surface area (Å²) in [5, 5.41) is 0. The molecular weight excluding hydrogens is 727 g/mol. The van der Waals surface area contributed by atoms with Gasteiger partial charge in [0.05, 0.1) is 25.2 Å². The molecule has 8 heteroatoms. The van der Waals surface area contributed by atoms with Crippen LogP contribution in [0.4, 0.5) is 0 Å². The van der Waals surface area contributed by atoms with Crippen molar-refractivity contribution in [3.8, 4) is 0 Å². The molecule has 2 bridgehead atoms. The number of hydrogen-bond donors (Lipinski definition) is 0. The number of piperidine rings is 1. The van der Waals surface area contributed by atoms with Crippen LogP contribution in [-0.4, -0.2) is 66.1 Å². The summed E-state index contributed by atoms with van der Waals surface area (Å²) in [7, 11) is 0. The summed E-state index contributed by atoms with van der Waals surface area (Å²) in [6, 6.07) is 20.2. The van der Waals surface area contributed by atoms with Crippen molar-refractivity contribution in [2.45, 2.75) is 204 Å². The number of carbonyl (C=O) groups excluding carboxylic acids is 3. The molecule has 0 aliphatic carbocycles. The lowest BCUT2D eigenvalue weighted by atomic mass is 9.85. The Labute approximate surface area is 350 Å². The zero-order valence-electron chi connectivity index (χ0n) is 36.4. The maximum absolute atomic E-state index is 14.5. The molecule has 322 valence electrons. The second kappa shape index (κ2) is 23.5. The number of hydrogen-bond acceptors (Lipinski definition) is 7. The van der Waals surface area contributed by atoms with Crippen LogP contribution in [0.5, 0.6) is 0 Å². The van der Waals surface area contributed by atoms with Gasteiger partial charge in [0, 0.05) is 51.4 Å². The summed E-state index contributed by atoms with van der Waals surface area (Å²) in [6.07, 6.45) is 26.7. The van der Waals surface area contributed by atoms with Crippen LogP contribution in [0, 0.1) is 0 Å². The zero-order valence-corrected chi connectivity index (χ0v) is 36.4. The van der Waals surface area contributed by atoms with Crippen molar-refractivity contribution < 1.29 is 37.8 Å². The van der Waals surface area contributed by atoms with Gasteiger partial charge >= 0.3 is 17.9 Å². The molecule has 3 aliphatic heterocycles. The van der Waals surface area contributed by atoms with Crippen molar-refractivity contribution >= 4 is 17.9 Å². The summed E-state index contributed by atoms with van der Waals surface area (Å²) >= 11 is 0. The Morgan fingerprint density at radius 2 is 1.00 bits per heavy atom. The zero-order chi connectivity index (χ0) is 41.1. The Morgan fingerprint density at radius 3 is 1.43 bits per heavy atom. The van der Waals surface area contributed by atoms with Gasteiger partial charge in [-0.1, -0.05) is 151 Å². The van der Waals surface area contributed by atoms with E-state index in [0.29, 0.717) is 36.1 Å². The number of nitrogens with zero attached hydrogens (tertiary/aromatic N) is 1. The lowest BCUT2D eigenvalue weighted by molar-refractivity contribution is -0.956. The van der Waals surface area contributed by atoms with Crippen LogP contribution in [-0.2, 0) is 38.9 Å². The number of carbonyl (C=O) groups is 3. The monoisotopic (exact) mass is 803 g/mol. The number of unbranched alkanes of at least 4 members (excludes halogenated alkanes) is 15. The van der Waals surface area contributed by atoms with Crippen molar-refractivity contribution in [3.63, 3.8) is 0 Å². The predicted octanol–water partition coefficient (Wildman–Crippen LogP) is 11.7. The number of ether oxygens (including phenoxy) is 4. The summed E-state index contributed by atoms with van der Waals surface area (Å²) in [6.45, 7) is 7.97. The minimum atomic E-state index is -1.55. The van der Waals surface area contributed by atoms with Gasteiger partial charge in [0.15, 0.2) is 6.79 Å². The Kier molecular flexibility index (Phi) is 18.6. The van der Waals surface area contributed by atoms with Crippen LogP contribution in [0.15, 0.2) is 60.7 Å². The van der Waals surface area contributed by atoms with Gasteiger partial charge in [-0.05, 0) is 44.7 Å². The van der Waals surface area contributed by atoms with Crippen molar-refractivity contribution in [1.29, 1.82) is 0 Å². The molecule has 2 aromatic rings. The first-order valence-corrected chi connectivity index (χ1v) is 23.3. The first-order valence-electron chi connectivity index (χ1n) is 23.3. The van der Waals surface area contributed by atoms with E-state index >= 15 is 0 Å². The van der Waals surface area contributed by atoms with E-state index in [1.165, 1.54) is 114 Å². The smallest absolute Gasteiger partial charge is 0.348 e. The second-order valence-corrected chi connectivity index (χ2v) is 18.6. The number of quaternary nitrogens is 1. The van der Waals surface area contributed by atoms with Gasteiger partial charge in [0.1, 0.15) is 11.7 Å². The molecule has 5 rings (SSSR count). The van der Waals surface area contributed by atoms with Gasteiger partial charge in [0.2, 0.25) is 5.60 Å². The van der Waals surface area contributed by atoms with Gasteiger partial charge in [-0.2, -0.15) is 0 Å². The highest BCUT2D eigenvalue weighted by molar-refractivity contribution is 5.86. The lowest BCUT2D eigenvalue weighted by Crippen LogP contribution is -2.60. The van der Waals surface area contributed by atoms with E-state index in [9.17, 15) is 14.4 Å².